The van der Waals surface area contributed by atoms with E-state index in [1.807, 2.05) is 0 Å². The summed E-state index contributed by atoms with van der Waals surface area (Å²) >= 11 is 0. The summed E-state index contributed by atoms with van der Waals surface area (Å²) in [6.07, 6.45) is 1.28. The number of rotatable bonds is 3. The number of nitrogens with zero attached hydrogens (tertiary/aromatic N) is 1. The predicted molar refractivity (Wildman–Crippen MR) is 94.8 cm³/mol. The molecule has 1 saturated heterocycles. The lowest BCUT2D eigenvalue weighted by molar-refractivity contribution is -0.121. The van der Waals surface area contributed by atoms with E-state index in [4.69, 9.17) is 0 Å². The number of aryl methyl sites for hydroxylation is 1. The van der Waals surface area contributed by atoms with Gasteiger partial charge in [0.2, 0.25) is 5.91 Å². The van der Waals surface area contributed by atoms with Crippen molar-refractivity contribution in [3.63, 3.8) is 0 Å². The standard InChI is InChI=1S/C20H20F2N2O2/c1-13-8-9-15(11-18(13)22)23-19(25)14-5-4-10-24(12-14)20(26)16-6-2-3-7-17(16)21/h2-3,6-9,11,14H,4-5,10,12H2,1H3,(H,23,25)/t14-/m1/s1. The maximum atomic E-state index is 13.8. The molecule has 1 N–H and O–H groups in total. The van der Waals surface area contributed by atoms with Gasteiger partial charge in [-0.15, -0.1) is 0 Å². The number of anilines is 1. The van der Waals surface area contributed by atoms with Gasteiger partial charge in [-0.05, 0) is 49.6 Å². The monoisotopic (exact) mass is 358 g/mol. The number of halogens is 2. The van der Waals surface area contributed by atoms with Gasteiger partial charge in [0.05, 0.1) is 11.5 Å². The molecule has 1 atom stereocenters. The van der Waals surface area contributed by atoms with Crippen molar-refractivity contribution in [3.8, 4) is 0 Å². The number of likely N-dealkylation sites (tertiary alicyclic amines) is 1. The Morgan fingerprint density at radius 2 is 1.88 bits per heavy atom. The number of amides is 2. The fourth-order valence-electron chi connectivity index (χ4n) is 3.10. The van der Waals surface area contributed by atoms with E-state index < -0.39 is 17.6 Å². The van der Waals surface area contributed by atoms with Crippen molar-refractivity contribution >= 4 is 17.5 Å². The number of hydrogen-bond donors (Lipinski definition) is 1. The van der Waals surface area contributed by atoms with Crippen LogP contribution in [0.25, 0.3) is 0 Å². The largest absolute Gasteiger partial charge is 0.338 e. The normalized spacial score (nSPS) is 17.0. The van der Waals surface area contributed by atoms with Crippen LogP contribution in [0, 0.1) is 24.5 Å². The molecule has 0 radical (unpaired) electrons. The number of benzene rings is 2. The molecule has 0 aliphatic carbocycles. The number of piperidine rings is 1. The highest BCUT2D eigenvalue weighted by Gasteiger charge is 2.30. The van der Waals surface area contributed by atoms with Crippen LogP contribution >= 0.6 is 0 Å². The summed E-state index contributed by atoms with van der Waals surface area (Å²) in [7, 11) is 0. The Hall–Kier alpha value is -2.76. The van der Waals surface area contributed by atoms with Gasteiger partial charge in [0.1, 0.15) is 11.6 Å². The van der Waals surface area contributed by atoms with E-state index in [2.05, 4.69) is 5.32 Å². The Morgan fingerprint density at radius 3 is 2.62 bits per heavy atom. The molecule has 2 aromatic carbocycles. The summed E-state index contributed by atoms with van der Waals surface area (Å²) in [6.45, 7) is 2.34. The molecule has 1 fully saturated rings. The van der Waals surface area contributed by atoms with Crippen molar-refractivity contribution in [3.05, 3.63) is 65.2 Å². The van der Waals surface area contributed by atoms with Crippen LogP contribution in [0.5, 0.6) is 0 Å². The molecule has 0 unspecified atom stereocenters. The minimum absolute atomic E-state index is 0.00849. The van der Waals surface area contributed by atoms with Gasteiger partial charge >= 0.3 is 0 Å². The fourth-order valence-corrected chi connectivity index (χ4v) is 3.10. The van der Waals surface area contributed by atoms with Crippen molar-refractivity contribution < 1.29 is 18.4 Å². The molecule has 0 saturated carbocycles. The SMILES string of the molecule is Cc1ccc(NC(=O)[C@@H]2CCCN(C(=O)c3ccccc3F)C2)cc1F. The first-order valence-electron chi connectivity index (χ1n) is 8.56. The Labute approximate surface area is 150 Å². The number of nitrogens with one attached hydrogen (secondary N) is 1. The summed E-state index contributed by atoms with van der Waals surface area (Å²) in [6, 6.07) is 10.3. The van der Waals surface area contributed by atoms with Crippen LogP contribution in [-0.4, -0.2) is 29.8 Å². The van der Waals surface area contributed by atoms with E-state index in [-0.39, 0.29) is 23.8 Å². The Bertz CT molecular complexity index is 838. The molecule has 0 spiro atoms. The molecular formula is C20H20F2N2O2. The van der Waals surface area contributed by atoms with Crippen LogP contribution in [0.1, 0.15) is 28.8 Å². The maximum absolute atomic E-state index is 13.8. The van der Waals surface area contributed by atoms with E-state index in [9.17, 15) is 18.4 Å². The third kappa shape index (κ3) is 3.90. The number of hydrogen-bond acceptors (Lipinski definition) is 2. The fraction of sp³-hybridized carbons (Fsp3) is 0.300. The quantitative estimate of drug-likeness (QED) is 0.908. The first-order chi connectivity index (χ1) is 12.5. The lowest BCUT2D eigenvalue weighted by Gasteiger charge is -2.32. The zero-order valence-electron chi connectivity index (χ0n) is 14.5. The molecule has 2 aromatic rings. The second kappa shape index (κ2) is 7.64. The lowest BCUT2D eigenvalue weighted by Crippen LogP contribution is -2.44. The summed E-state index contributed by atoms with van der Waals surface area (Å²) < 4.78 is 27.5. The third-order valence-corrected chi connectivity index (χ3v) is 4.62. The summed E-state index contributed by atoms with van der Waals surface area (Å²) in [5.41, 5.74) is 0.896. The zero-order valence-corrected chi connectivity index (χ0v) is 14.5. The van der Waals surface area contributed by atoms with E-state index in [1.165, 1.54) is 29.2 Å². The second-order valence-electron chi connectivity index (χ2n) is 6.52. The molecule has 1 heterocycles. The Balaban J connectivity index is 1.67. The first kappa shape index (κ1) is 18.0. The van der Waals surface area contributed by atoms with Crippen LogP contribution in [0.4, 0.5) is 14.5 Å². The number of carbonyl (C=O) groups is 2. The van der Waals surface area contributed by atoms with Crippen LogP contribution in [0.2, 0.25) is 0 Å². The molecule has 4 nitrogen and oxygen atoms in total. The predicted octanol–water partition coefficient (Wildman–Crippen LogP) is 3.76. The van der Waals surface area contributed by atoms with Crippen LogP contribution < -0.4 is 5.32 Å². The molecule has 26 heavy (non-hydrogen) atoms. The summed E-state index contributed by atoms with van der Waals surface area (Å²) in [5, 5.41) is 2.70. The maximum Gasteiger partial charge on any atom is 0.256 e. The van der Waals surface area contributed by atoms with Crippen molar-refractivity contribution in [1.29, 1.82) is 0 Å². The molecule has 136 valence electrons. The van der Waals surface area contributed by atoms with Gasteiger partial charge in [0, 0.05) is 18.8 Å². The highest BCUT2D eigenvalue weighted by atomic mass is 19.1. The van der Waals surface area contributed by atoms with Gasteiger partial charge in [-0.3, -0.25) is 9.59 Å². The molecule has 6 heteroatoms. The van der Waals surface area contributed by atoms with E-state index >= 15 is 0 Å². The van der Waals surface area contributed by atoms with E-state index in [0.29, 0.717) is 30.6 Å². The number of carbonyl (C=O) groups excluding carboxylic acids is 2. The van der Waals surface area contributed by atoms with Crippen LogP contribution in [0.3, 0.4) is 0 Å². The smallest absolute Gasteiger partial charge is 0.256 e. The summed E-state index contributed by atoms with van der Waals surface area (Å²) in [5.74, 6) is -2.05. The minimum atomic E-state index is -0.570. The zero-order chi connectivity index (χ0) is 18.7. The molecule has 1 aliphatic heterocycles. The Morgan fingerprint density at radius 1 is 1.12 bits per heavy atom. The van der Waals surface area contributed by atoms with Gasteiger partial charge in [0.25, 0.3) is 5.91 Å². The average Bonchev–Trinajstić information content (AvgIpc) is 2.64. The molecule has 2 amide bonds. The van der Waals surface area contributed by atoms with Crippen molar-refractivity contribution in [2.24, 2.45) is 5.92 Å². The van der Waals surface area contributed by atoms with Gasteiger partial charge in [-0.2, -0.15) is 0 Å². The van der Waals surface area contributed by atoms with Crippen molar-refractivity contribution in [1.82, 2.24) is 4.90 Å². The van der Waals surface area contributed by atoms with Gasteiger partial charge in [-0.25, -0.2) is 8.78 Å². The second-order valence-corrected chi connectivity index (χ2v) is 6.52. The van der Waals surface area contributed by atoms with Crippen molar-refractivity contribution in [2.75, 3.05) is 18.4 Å². The van der Waals surface area contributed by atoms with Gasteiger partial charge in [0.15, 0.2) is 0 Å². The molecule has 0 aromatic heterocycles. The average molecular weight is 358 g/mol. The van der Waals surface area contributed by atoms with E-state index in [0.717, 1.165) is 0 Å². The van der Waals surface area contributed by atoms with E-state index in [1.54, 1.807) is 25.1 Å². The first-order valence-corrected chi connectivity index (χ1v) is 8.56. The molecule has 0 bridgehead atoms. The lowest BCUT2D eigenvalue weighted by atomic mass is 9.96. The van der Waals surface area contributed by atoms with Crippen LogP contribution in [-0.2, 0) is 4.79 Å². The van der Waals surface area contributed by atoms with Crippen molar-refractivity contribution in [2.45, 2.75) is 19.8 Å². The Kier molecular flexibility index (Phi) is 5.30. The van der Waals surface area contributed by atoms with Gasteiger partial charge in [-0.1, -0.05) is 18.2 Å². The minimum Gasteiger partial charge on any atom is -0.338 e. The highest BCUT2D eigenvalue weighted by Crippen LogP contribution is 2.22. The molecular weight excluding hydrogens is 338 g/mol. The topological polar surface area (TPSA) is 49.4 Å². The third-order valence-electron chi connectivity index (χ3n) is 4.62. The highest BCUT2D eigenvalue weighted by molar-refractivity contribution is 5.96. The van der Waals surface area contributed by atoms with Crippen LogP contribution in [0.15, 0.2) is 42.5 Å². The molecule has 1 aliphatic rings. The summed E-state index contributed by atoms with van der Waals surface area (Å²) in [4.78, 5) is 26.5. The van der Waals surface area contributed by atoms with Gasteiger partial charge < -0.3 is 10.2 Å². The molecule has 3 rings (SSSR count).